The van der Waals surface area contributed by atoms with Gasteiger partial charge in [-0.15, -0.1) is 0 Å². The number of carbonyl (C=O) groups excluding carboxylic acids is 2. The molecular weight excluding hydrogens is 462 g/mol. The molecule has 36 heavy (non-hydrogen) atoms. The standard InChI is InChI=1S/C26H27N5O5/c1-5-15-30-24(33)20-14-10-9-13-19(20)22(28-30)26(35)36-17(3)23(32)27-21-16(2)29(4)31(25(21)34)18-11-7-6-8-12-18/h6-14,17H,5,15H2,1-4H3,(H,27,32). The summed E-state index contributed by atoms with van der Waals surface area (Å²) >= 11 is 0. The molecule has 10 nitrogen and oxygen atoms in total. The molecule has 0 radical (unpaired) electrons. The number of hydrogen-bond acceptors (Lipinski definition) is 6. The number of nitrogens with zero attached hydrogens (tertiary/aromatic N) is 4. The lowest BCUT2D eigenvalue weighted by atomic mass is 10.1. The highest BCUT2D eigenvalue weighted by Gasteiger charge is 2.26. The number of para-hydroxylation sites is 1. The Bertz CT molecular complexity index is 1570. The van der Waals surface area contributed by atoms with Gasteiger partial charge in [-0.05, 0) is 38.5 Å². The first kappa shape index (κ1) is 24.6. The molecule has 4 rings (SSSR count). The van der Waals surface area contributed by atoms with Crippen LogP contribution in [0.4, 0.5) is 5.69 Å². The molecule has 2 heterocycles. The van der Waals surface area contributed by atoms with E-state index in [0.29, 0.717) is 35.1 Å². The maximum atomic E-state index is 13.1. The van der Waals surface area contributed by atoms with Gasteiger partial charge in [0.25, 0.3) is 17.0 Å². The predicted molar refractivity (Wildman–Crippen MR) is 136 cm³/mol. The van der Waals surface area contributed by atoms with Crippen molar-refractivity contribution < 1.29 is 14.3 Å². The zero-order valence-corrected chi connectivity index (χ0v) is 20.5. The summed E-state index contributed by atoms with van der Waals surface area (Å²) < 4.78 is 9.71. The summed E-state index contributed by atoms with van der Waals surface area (Å²) in [4.78, 5) is 51.7. The summed E-state index contributed by atoms with van der Waals surface area (Å²) in [5.41, 5.74) is 0.509. The first-order valence-electron chi connectivity index (χ1n) is 11.6. The van der Waals surface area contributed by atoms with E-state index < -0.39 is 23.5 Å². The average molecular weight is 490 g/mol. The second kappa shape index (κ2) is 10.0. The molecule has 0 saturated heterocycles. The van der Waals surface area contributed by atoms with Crippen LogP contribution in [0.5, 0.6) is 0 Å². The molecule has 0 spiro atoms. The van der Waals surface area contributed by atoms with Gasteiger partial charge in [0.2, 0.25) is 0 Å². The van der Waals surface area contributed by atoms with Crippen molar-refractivity contribution in [2.45, 2.75) is 39.8 Å². The molecule has 186 valence electrons. The topological polar surface area (TPSA) is 117 Å². The number of ether oxygens (including phenoxy) is 1. The Kier molecular flexibility index (Phi) is 6.86. The van der Waals surface area contributed by atoms with E-state index in [4.69, 9.17) is 4.74 Å². The Balaban J connectivity index is 1.59. The van der Waals surface area contributed by atoms with Gasteiger partial charge in [-0.3, -0.25) is 19.1 Å². The van der Waals surface area contributed by atoms with E-state index in [2.05, 4.69) is 10.4 Å². The van der Waals surface area contributed by atoms with E-state index in [9.17, 15) is 19.2 Å². The van der Waals surface area contributed by atoms with Crippen LogP contribution >= 0.6 is 0 Å². The number of carbonyl (C=O) groups is 2. The quantitative estimate of drug-likeness (QED) is 0.399. The van der Waals surface area contributed by atoms with Crippen molar-refractivity contribution in [1.82, 2.24) is 19.1 Å². The highest BCUT2D eigenvalue weighted by atomic mass is 16.5. The number of benzene rings is 2. The van der Waals surface area contributed by atoms with Crippen molar-refractivity contribution >= 4 is 28.3 Å². The second-order valence-corrected chi connectivity index (χ2v) is 8.40. The van der Waals surface area contributed by atoms with E-state index in [1.165, 1.54) is 16.3 Å². The van der Waals surface area contributed by atoms with Crippen LogP contribution in [0.25, 0.3) is 16.5 Å². The molecular formula is C26H27N5O5. The molecule has 1 N–H and O–H groups in total. The molecule has 0 aliphatic carbocycles. The number of nitrogens with one attached hydrogen (secondary N) is 1. The van der Waals surface area contributed by atoms with Crippen LogP contribution in [-0.2, 0) is 23.1 Å². The molecule has 4 aromatic rings. The first-order valence-corrected chi connectivity index (χ1v) is 11.6. The lowest BCUT2D eigenvalue weighted by molar-refractivity contribution is -0.123. The minimum Gasteiger partial charge on any atom is -0.448 e. The summed E-state index contributed by atoms with van der Waals surface area (Å²) in [6.07, 6.45) is -0.580. The van der Waals surface area contributed by atoms with Crippen LogP contribution in [-0.4, -0.2) is 37.1 Å². The number of hydrogen-bond donors (Lipinski definition) is 1. The van der Waals surface area contributed by atoms with Crippen molar-refractivity contribution in [3.63, 3.8) is 0 Å². The monoisotopic (exact) mass is 489 g/mol. The maximum Gasteiger partial charge on any atom is 0.360 e. The van der Waals surface area contributed by atoms with Crippen LogP contribution in [0.1, 0.15) is 36.5 Å². The number of rotatable bonds is 7. The highest BCUT2D eigenvalue weighted by molar-refractivity contribution is 6.03. The smallest absolute Gasteiger partial charge is 0.360 e. The van der Waals surface area contributed by atoms with Crippen LogP contribution < -0.4 is 16.4 Å². The summed E-state index contributed by atoms with van der Waals surface area (Å²) in [6.45, 7) is 5.34. The minimum absolute atomic E-state index is 0.0550. The molecule has 0 aliphatic heterocycles. The highest BCUT2D eigenvalue weighted by Crippen LogP contribution is 2.17. The predicted octanol–water partition coefficient (Wildman–Crippen LogP) is 2.79. The van der Waals surface area contributed by atoms with E-state index in [1.54, 1.807) is 55.1 Å². The Hall–Kier alpha value is -4.47. The SMILES string of the molecule is CCCn1nc(C(=O)OC(C)C(=O)Nc2c(C)n(C)n(-c3ccccc3)c2=O)c2ccccc2c1=O. The van der Waals surface area contributed by atoms with Crippen LogP contribution in [0.2, 0.25) is 0 Å². The van der Waals surface area contributed by atoms with Gasteiger partial charge in [0.15, 0.2) is 11.8 Å². The molecule has 2 aromatic heterocycles. The third-order valence-corrected chi connectivity index (χ3v) is 5.95. The third kappa shape index (κ3) is 4.45. The number of esters is 1. The summed E-state index contributed by atoms with van der Waals surface area (Å²) in [5, 5.41) is 7.49. The number of aromatic nitrogens is 4. The van der Waals surface area contributed by atoms with Crippen LogP contribution in [0.15, 0.2) is 64.2 Å². The van der Waals surface area contributed by atoms with Gasteiger partial charge in [-0.1, -0.05) is 43.3 Å². The Morgan fingerprint density at radius 2 is 1.64 bits per heavy atom. The lowest BCUT2D eigenvalue weighted by Gasteiger charge is -2.14. The van der Waals surface area contributed by atoms with Gasteiger partial charge in [0, 0.05) is 19.0 Å². The van der Waals surface area contributed by atoms with Gasteiger partial charge >= 0.3 is 5.97 Å². The van der Waals surface area contributed by atoms with E-state index in [0.717, 1.165) is 0 Å². The molecule has 2 aromatic carbocycles. The van der Waals surface area contributed by atoms with Crippen LogP contribution in [0, 0.1) is 6.92 Å². The van der Waals surface area contributed by atoms with Gasteiger partial charge in [0.05, 0.1) is 16.8 Å². The third-order valence-electron chi connectivity index (χ3n) is 5.95. The molecule has 1 unspecified atom stereocenters. The van der Waals surface area contributed by atoms with Gasteiger partial charge in [-0.2, -0.15) is 5.10 Å². The van der Waals surface area contributed by atoms with Crippen molar-refractivity contribution in [1.29, 1.82) is 0 Å². The zero-order valence-electron chi connectivity index (χ0n) is 20.5. The molecule has 0 bridgehead atoms. The number of amides is 1. The van der Waals surface area contributed by atoms with E-state index >= 15 is 0 Å². The number of fused-ring (bicyclic) bond motifs is 1. The fourth-order valence-electron chi connectivity index (χ4n) is 3.96. The van der Waals surface area contributed by atoms with Crippen LogP contribution in [0.3, 0.4) is 0 Å². The van der Waals surface area contributed by atoms with E-state index in [1.807, 2.05) is 25.1 Å². The maximum absolute atomic E-state index is 13.1. The van der Waals surface area contributed by atoms with Crippen molar-refractivity contribution in [2.24, 2.45) is 7.05 Å². The second-order valence-electron chi connectivity index (χ2n) is 8.40. The van der Waals surface area contributed by atoms with E-state index in [-0.39, 0.29) is 16.9 Å². The zero-order chi connectivity index (χ0) is 26.0. The molecule has 1 atom stereocenters. The van der Waals surface area contributed by atoms with Crippen molar-refractivity contribution in [3.8, 4) is 5.69 Å². The Morgan fingerprint density at radius 1 is 1.00 bits per heavy atom. The fraction of sp³-hybridized carbons (Fsp3) is 0.269. The van der Waals surface area contributed by atoms with Gasteiger partial charge < -0.3 is 10.1 Å². The number of aryl methyl sites for hydroxylation is 1. The fourth-order valence-corrected chi connectivity index (χ4v) is 3.96. The number of anilines is 1. The largest absolute Gasteiger partial charge is 0.448 e. The molecule has 0 aliphatic rings. The average Bonchev–Trinajstić information content (AvgIpc) is 3.09. The summed E-state index contributed by atoms with van der Waals surface area (Å²) in [7, 11) is 1.71. The Morgan fingerprint density at radius 3 is 2.31 bits per heavy atom. The molecule has 0 fully saturated rings. The normalized spacial score (nSPS) is 11.9. The first-order chi connectivity index (χ1) is 17.2. The van der Waals surface area contributed by atoms with Gasteiger partial charge in [-0.25, -0.2) is 14.2 Å². The Labute approximate surface area is 206 Å². The minimum atomic E-state index is -1.23. The van der Waals surface area contributed by atoms with Crippen molar-refractivity contribution in [2.75, 3.05) is 5.32 Å². The summed E-state index contributed by atoms with van der Waals surface area (Å²) in [6, 6.07) is 15.7. The summed E-state index contributed by atoms with van der Waals surface area (Å²) in [5.74, 6) is -1.51. The molecule has 1 amide bonds. The molecule has 10 heteroatoms. The van der Waals surface area contributed by atoms with Gasteiger partial charge in [0.1, 0.15) is 5.69 Å². The molecule has 0 saturated carbocycles. The lowest BCUT2D eigenvalue weighted by Crippen LogP contribution is -2.33. The van der Waals surface area contributed by atoms with Crippen molar-refractivity contribution in [3.05, 3.63) is 86.7 Å².